The van der Waals surface area contributed by atoms with Crippen LogP contribution in [0.3, 0.4) is 0 Å². The highest BCUT2D eigenvalue weighted by Gasteiger charge is 2.12. The van der Waals surface area contributed by atoms with E-state index in [9.17, 15) is 8.78 Å². The van der Waals surface area contributed by atoms with E-state index in [1.807, 2.05) is 31.2 Å². The molecule has 0 saturated heterocycles. The van der Waals surface area contributed by atoms with Crippen LogP contribution in [0.2, 0.25) is 0 Å². The molecule has 0 fully saturated rings. The molecular formula is C17H19F2NO. The molecule has 0 saturated carbocycles. The zero-order chi connectivity index (χ0) is 15.2. The Morgan fingerprint density at radius 1 is 1.10 bits per heavy atom. The van der Waals surface area contributed by atoms with Crippen molar-refractivity contribution in [1.29, 1.82) is 0 Å². The topological polar surface area (TPSA) is 21.3 Å². The SMILES string of the molecule is CCC(NCc1cccc(F)c1F)c1ccc(OC)cc1. The number of hydrogen-bond acceptors (Lipinski definition) is 2. The maximum atomic E-state index is 13.6. The predicted octanol–water partition coefficient (Wildman–Crippen LogP) is 4.21. The molecule has 1 atom stereocenters. The van der Waals surface area contributed by atoms with Gasteiger partial charge in [0.15, 0.2) is 11.6 Å². The summed E-state index contributed by atoms with van der Waals surface area (Å²) in [4.78, 5) is 0. The normalized spacial score (nSPS) is 12.2. The quantitative estimate of drug-likeness (QED) is 0.860. The van der Waals surface area contributed by atoms with Gasteiger partial charge in [0.2, 0.25) is 0 Å². The van der Waals surface area contributed by atoms with E-state index >= 15 is 0 Å². The second-order valence-corrected chi connectivity index (χ2v) is 4.83. The lowest BCUT2D eigenvalue weighted by Crippen LogP contribution is -2.21. The van der Waals surface area contributed by atoms with Crippen molar-refractivity contribution >= 4 is 0 Å². The number of halogens is 2. The lowest BCUT2D eigenvalue weighted by Gasteiger charge is -2.18. The summed E-state index contributed by atoms with van der Waals surface area (Å²) in [5, 5.41) is 3.26. The molecule has 0 aliphatic carbocycles. The number of hydrogen-bond donors (Lipinski definition) is 1. The number of nitrogens with one attached hydrogen (secondary N) is 1. The summed E-state index contributed by atoms with van der Waals surface area (Å²) in [6.45, 7) is 2.33. The second-order valence-electron chi connectivity index (χ2n) is 4.83. The van der Waals surface area contributed by atoms with Gasteiger partial charge in [-0.15, -0.1) is 0 Å². The monoisotopic (exact) mass is 291 g/mol. The molecule has 4 heteroatoms. The van der Waals surface area contributed by atoms with Crippen LogP contribution in [-0.2, 0) is 6.54 Å². The Bertz CT molecular complexity index is 584. The van der Waals surface area contributed by atoms with Crippen LogP contribution < -0.4 is 10.1 Å². The van der Waals surface area contributed by atoms with Crippen molar-refractivity contribution in [3.05, 3.63) is 65.2 Å². The zero-order valence-electron chi connectivity index (χ0n) is 12.2. The molecule has 0 amide bonds. The van der Waals surface area contributed by atoms with Crippen molar-refractivity contribution in [2.75, 3.05) is 7.11 Å². The molecule has 1 unspecified atom stereocenters. The van der Waals surface area contributed by atoms with Crippen molar-refractivity contribution in [1.82, 2.24) is 5.32 Å². The van der Waals surface area contributed by atoms with E-state index in [4.69, 9.17) is 4.74 Å². The van der Waals surface area contributed by atoms with Gasteiger partial charge in [-0.25, -0.2) is 8.78 Å². The Morgan fingerprint density at radius 2 is 1.81 bits per heavy atom. The minimum absolute atomic E-state index is 0.0820. The third-order valence-corrected chi connectivity index (χ3v) is 3.50. The maximum absolute atomic E-state index is 13.6. The summed E-state index contributed by atoms with van der Waals surface area (Å²) in [5.74, 6) is -0.800. The fraction of sp³-hybridized carbons (Fsp3) is 0.294. The van der Waals surface area contributed by atoms with Crippen LogP contribution in [0.1, 0.15) is 30.5 Å². The van der Waals surface area contributed by atoms with Crippen LogP contribution in [-0.4, -0.2) is 7.11 Å². The first-order valence-corrected chi connectivity index (χ1v) is 6.96. The Hall–Kier alpha value is -1.94. The minimum Gasteiger partial charge on any atom is -0.497 e. The van der Waals surface area contributed by atoms with Crippen LogP contribution in [0, 0.1) is 11.6 Å². The van der Waals surface area contributed by atoms with Crippen LogP contribution in [0.25, 0.3) is 0 Å². The number of methoxy groups -OCH3 is 1. The average Bonchev–Trinajstić information content (AvgIpc) is 2.52. The van der Waals surface area contributed by atoms with Gasteiger partial charge >= 0.3 is 0 Å². The van der Waals surface area contributed by atoms with E-state index in [0.717, 1.165) is 23.8 Å². The van der Waals surface area contributed by atoms with E-state index < -0.39 is 11.6 Å². The lowest BCUT2D eigenvalue weighted by atomic mass is 10.0. The van der Waals surface area contributed by atoms with Gasteiger partial charge in [-0.05, 0) is 30.2 Å². The molecule has 2 aromatic carbocycles. The van der Waals surface area contributed by atoms with E-state index in [2.05, 4.69) is 5.32 Å². The number of ether oxygens (including phenoxy) is 1. The molecule has 112 valence electrons. The van der Waals surface area contributed by atoms with E-state index in [0.29, 0.717) is 5.56 Å². The summed E-state index contributed by atoms with van der Waals surface area (Å²) >= 11 is 0. The molecular weight excluding hydrogens is 272 g/mol. The smallest absolute Gasteiger partial charge is 0.163 e. The van der Waals surface area contributed by atoms with Crippen LogP contribution >= 0.6 is 0 Å². The highest BCUT2D eigenvalue weighted by Crippen LogP contribution is 2.21. The average molecular weight is 291 g/mol. The van der Waals surface area contributed by atoms with Gasteiger partial charge < -0.3 is 10.1 Å². The molecule has 0 aliphatic rings. The number of benzene rings is 2. The third kappa shape index (κ3) is 3.79. The van der Waals surface area contributed by atoms with Gasteiger partial charge in [-0.3, -0.25) is 0 Å². The molecule has 0 spiro atoms. The molecule has 0 aliphatic heterocycles. The first-order chi connectivity index (χ1) is 10.2. The zero-order valence-corrected chi connectivity index (χ0v) is 12.2. The molecule has 0 aromatic heterocycles. The fourth-order valence-electron chi connectivity index (χ4n) is 2.25. The first-order valence-electron chi connectivity index (χ1n) is 6.96. The third-order valence-electron chi connectivity index (χ3n) is 3.50. The van der Waals surface area contributed by atoms with Crippen molar-refractivity contribution < 1.29 is 13.5 Å². The summed E-state index contributed by atoms with van der Waals surface area (Å²) in [7, 11) is 1.62. The molecule has 2 aromatic rings. The van der Waals surface area contributed by atoms with Crippen molar-refractivity contribution in [2.24, 2.45) is 0 Å². The van der Waals surface area contributed by atoms with Gasteiger partial charge in [-0.2, -0.15) is 0 Å². The van der Waals surface area contributed by atoms with Gasteiger partial charge in [0, 0.05) is 18.2 Å². The van der Waals surface area contributed by atoms with Gasteiger partial charge in [-0.1, -0.05) is 31.2 Å². The molecule has 1 N–H and O–H groups in total. The van der Waals surface area contributed by atoms with E-state index in [1.165, 1.54) is 6.07 Å². The standard InChI is InChI=1S/C17H19F2NO/c1-3-16(12-7-9-14(21-2)10-8-12)20-11-13-5-4-6-15(18)17(13)19/h4-10,16,20H,3,11H2,1-2H3. The Balaban J connectivity index is 2.06. The highest BCUT2D eigenvalue weighted by molar-refractivity contribution is 5.29. The van der Waals surface area contributed by atoms with Crippen molar-refractivity contribution in [3.63, 3.8) is 0 Å². The molecule has 0 radical (unpaired) electrons. The molecule has 2 rings (SSSR count). The van der Waals surface area contributed by atoms with Crippen LogP contribution in [0.4, 0.5) is 8.78 Å². The lowest BCUT2D eigenvalue weighted by molar-refractivity contribution is 0.414. The van der Waals surface area contributed by atoms with Crippen LogP contribution in [0.5, 0.6) is 5.75 Å². The molecule has 2 nitrogen and oxygen atoms in total. The molecule has 21 heavy (non-hydrogen) atoms. The summed E-state index contributed by atoms with van der Waals surface area (Å²) in [6, 6.07) is 12.0. The van der Waals surface area contributed by atoms with Crippen molar-refractivity contribution in [2.45, 2.75) is 25.9 Å². The summed E-state index contributed by atoms with van der Waals surface area (Å²) in [5.41, 5.74) is 1.43. The maximum Gasteiger partial charge on any atom is 0.163 e. The fourth-order valence-corrected chi connectivity index (χ4v) is 2.25. The minimum atomic E-state index is -0.813. The van der Waals surface area contributed by atoms with E-state index in [1.54, 1.807) is 13.2 Å². The Kier molecular flexibility index (Phi) is 5.28. The van der Waals surface area contributed by atoms with Gasteiger partial charge in [0.1, 0.15) is 5.75 Å². The van der Waals surface area contributed by atoms with Crippen LogP contribution in [0.15, 0.2) is 42.5 Å². The highest BCUT2D eigenvalue weighted by atomic mass is 19.2. The Labute approximate surface area is 123 Å². The largest absolute Gasteiger partial charge is 0.497 e. The number of rotatable bonds is 6. The molecule has 0 heterocycles. The second kappa shape index (κ2) is 7.18. The molecule has 0 bridgehead atoms. The van der Waals surface area contributed by atoms with Gasteiger partial charge in [0.05, 0.1) is 7.11 Å². The van der Waals surface area contributed by atoms with Crippen molar-refractivity contribution in [3.8, 4) is 5.75 Å². The van der Waals surface area contributed by atoms with E-state index in [-0.39, 0.29) is 12.6 Å². The van der Waals surface area contributed by atoms with Gasteiger partial charge in [0.25, 0.3) is 0 Å². The predicted molar refractivity (Wildman–Crippen MR) is 79.2 cm³/mol. The summed E-state index contributed by atoms with van der Waals surface area (Å²) < 4.78 is 31.9. The first kappa shape index (κ1) is 15.4. The Morgan fingerprint density at radius 3 is 2.43 bits per heavy atom. The summed E-state index contributed by atoms with van der Waals surface area (Å²) in [6.07, 6.45) is 0.850.